The lowest BCUT2D eigenvalue weighted by Gasteiger charge is -2.51. The van der Waals surface area contributed by atoms with Crippen LogP contribution in [0.4, 0.5) is 0 Å². The fourth-order valence-corrected chi connectivity index (χ4v) is 2.36. The van der Waals surface area contributed by atoms with Crippen molar-refractivity contribution in [2.45, 2.75) is 39.7 Å². The molecule has 0 radical (unpaired) electrons. The van der Waals surface area contributed by atoms with E-state index in [-0.39, 0.29) is 16.9 Å². The number of carbonyl (C=O) groups is 1. The summed E-state index contributed by atoms with van der Waals surface area (Å²) in [6.07, 6.45) is 4.79. The summed E-state index contributed by atoms with van der Waals surface area (Å²) in [6, 6.07) is 1.94. The molecule has 0 unspecified atom stereocenters. The summed E-state index contributed by atoms with van der Waals surface area (Å²) < 4.78 is 2.00. The second-order valence-corrected chi connectivity index (χ2v) is 5.94. The van der Waals surface area contributed by atoms with E-state index in [4.69, 9.17) is 0 Å². The maximum Gasteiger partial charge on any atom is 0.228 e. The Morgan fingerprint density at radius 2 is 2.06 bits per heavy atom. The van der Waals surface area contributed by atoms with Crippen molar-refractivity contribution in [2.24, 2.45) is 5.41 Å². The molecule has 2 heterocycles. The molecule has 17 heavy (non-hydrogen) atoms. The minimum absolute atomic E-state index is 0.0183. The maximum atomic E-state index is 12.1. The molecule has 0 atom stereocenters. The third-order valence-electron chi connectivity index (χ3n) is 3.55. The minimum Gasteiger partial charge on any atom is -0.337 e. The van der Waals surface area contributed by atoms with Gasteiger partial charge in [0.25, 0.3) is 0 Å². The molecule has 94 valence electrons. The number of carbonyl (C=O) groups excluding carboxylic acids is 1. The Morgan fingerprint density at radius 3 is 2.47 bits per heavy atom. The molecule has 0 aliphatic carbocycles. The molecule has 0 bridgehead atoms. The summed E-state index contributed by atoms with van der Waals surface area (Å²) in [5.41, 5.74) is -0.269. The molecule has 0 aromatic carbocycles. The molecule has 2 rings (SSSR count). The Morgan fingerprint density at radius 1 is 1.41 bits per heavy atom. The van der Waals surface area contributed by atoms with E-state index >= 15 is 0 Å². The van der Waals surface area contributed by atoms with Crippen LogP contribution in [-0.2, 0) is 10.3 Å². The van der Waals surface area contributed by atoms with E-state index in [1.807, 2.05) is 42.6 Å². The van der Waals surface area contributed by atoms with Gasteiger partial charge >= 0.3 is 0 Å². The van der Waals surface area contributed by atoms with Crippen molar-refractivity contribution in [3.05, 3.63) is 18.5 Å². The first kappa shape index (κ1) is 12.1. The van der Waals surface area contributed by atoms with Crippen molar-refractivity contribution in [3.8, 4) is 0 Å². The van der Waals surface area contributed by atoms with Gasteiger partial charge in [0.15, 0.2) is 0 Å². The highest BCUT2D eigenvalue weighted by Crippen LogP contribution is 2.34. The topological polar surface area (TPSA) is 38.1 Å². The summed E-state index contributed by atoms with van der Waals surface area (Å²) in [6.45, 7) is 9.61. The number of hydrogen-bond acceptors (Lipinski definition) is 2. The van der Waals surface area contributed by atoms with Crippen LogP contribution in [0.15, 0.2) is 18.5 Å². The van der Waals surface area contributed by atoms with Crippen molar-refractivity contribution in [3.63, 3.8) is 0 Å². The SMILES string of the molecule is CCC1(n2cccn2)CN(C(=O)C(C)(C)C)C1. The zero-order chi connectivity index (χ0) is 12.7. The average molecular weight is 235 g/mol. The largest absolute Gasteiger partial charge is 0.337 e. The van der Waals surface area contributed by atoms with E-state index in [9.17, 15) is 4.79 Å². The number of aromatic nitrogens is 2. The lowest BCUT2D eigenvalue weighted by molar-refractivity contribution is -0.151. The molecule has 4 nitrogen and oxygen atoms in total. The third-order valence-corrected chi connectivity index (χ3v) is 3.55. The molecule has 1 amide bonds. The first-order chi connectivity index (χ1) is 7.89. The van der Waals surface area contributed by atoms with Crippen LogP contribution in [-0.4, -0.2) is 33.7 Å². The van der Waals surface area contributed by atoms with Gasteiger partial charge < -0.3 is 4.90 Å². The van der Waals surface area contributed by atoms with Crippen LogP contribution in [0.25, 0.3) is 0 Å². The van der Waals surface area contributed by atoms with Gasteiger partial charge in [0.2, 0.25) is 5.91 Å². The van der Waals surface area contributed by atoms with E-state index in [2.05, 4.69) is 12.0 Å². The number of likely N-dealkylation sites (tertiary alicyclic amines) is 1. The molecule has 1 aromatic rings. The van der Waals surface area contributed by atoms with Crippen LogP contribution in [0, 0.1) is 5.41 Å². The summed E-state index contributed by atoms with van der Waals surface area (Å²) in [4.78, 5) is 14.1. The van der Waals surface area contributed by atoms with Gasteiger partial charge in [-0.1, -0.05) is 27.7 Å². The highest BCUT2D eigenvalue weighted by molar-refractivity contribution is 5.82. The lowest BCUT2D eigenvalue weighted by atomic mass is 9.83. The van der Waals surface area contributed by atoms with Crippen LogP contribution in [0.1, 0.15) is 34.1 Å². The van der Waals surface area contributed by atoms with Crippen LogP contribution < -0.4 is 0 Å². The minimum atomic E-state index is -0.288. The molecule has 1 fully saturated rings. The van der Waals surface area contributed by atoms with Crippen molar-refractivity contribution < 1.29 is 4.79 Å². The van der Waals surface area contributed by atoms with E-state index in [0.29, 0.717) is 0 Å². The highest BCUT2D eigenvalue weighted by Gasteiger charge is 2.47. The van der Waals surface area contributed by atoms with Crippen LogP contribution in [0.3, 0.4) is 0 Å². The molecule has 1 saturated heterocycles. The summed E-state index contributed by atoms with van der Waals surface area (Å²) in [5, 5.41) is 4.32. The standard InChI is InChI=1S/C13H21N3O/c1-5-13(16-8-6-7-14-16)9-15(10-13)11(17)12(2,3)4/h6-8H,5,9-10H2,1-4H3. The van der Waals surface area contributed by atoms with Crippen molar-refractivity contribution in [1.29, 1.82) is 0 Å². The van der Waals surface area contributed by atoms with Gasteiger partial charge in [-0.2, -0.15) is 5.10 Å². The number of amides is 1. The fourth-order valence-electron chi connectivity index (χ4n) is 2.36. The monoisotopic (exact) mass is 235 g/mol. The van der Waals surface area contributed by atoms with Crippen LogP contribution in [0.2, 0.25) is 0 Å². The van der Waals surface area contributed by atoms with Gasteiger partial charge in [0, 0.05) is 30.9 Å². The fraction of sp³-hybridized carbons (Fsp3) is 0.692. The van der Waals surface area contributed by atoms with Gasteiger partial charge in [0.1, 0.15) is 0 Å². The molecule has 0 spiro atoms. The third kappa shape index (κ3) is 1.96. The first-order valence-corrected chi connectivity index (χ1v) is 6.18. The smallest absolute Gasteiger partial charge is 0.228 e. The Hall–Kier alpha value is -1.32. The lowest BCUT2D eigenvalue weighted by Crippen LogP contribution is -2.65. The molecule has 1 aliphatic rings. The van der Waals surface area contributed by atoms with Gasteiger partial charge in [-0.05, 0) is 12.5 Å². The van der Waals surface area contributed by atoms with Crippen LogP contribution >= 0.6 is 0 Å². The predicted octanol–water partition coefficient (Wildman–Crippen LogP) is 1.88. The van der Waals surface area contributed by atoms with E-state index in [0.717, 1.165) is 19.5 Å². The maximum absolute atomic E-state index is 12.1. The van der Waals surface area contributed by atoms with Gasteiger partial charge in [-0.3, -0.25) is 9.48 Å². The second-order valence-electron chi connectivity index (χ2n) is 5.94. The molecular weight excluding hydrogens is 214 g/mol. The zero-order valence-corrected chi connectivity index (χ0v) is 11.1. The molecule has 1 aliphatic heterocycles. The zero-order valence-electron chi connectivity index (χ0n) is 11.1. The second kappa shape index (κ2) is 3.86. The molecule has 1 aromatic heterocycles. The van der Waals surface area contributed by atoms with E-state index in [1.54, 1.807) is 6.20 Å². The average Bonchev–Trinajstić information content (AvgIpc) is 2.69. The summed E-state index contributed by atoms with van der Waals surface area (Å²) in [7, 11) is 0. The Kier molecular flexibility index (Phi) is 2.76. The van der Waals surface area contributed by atoms with Crippen molar-refractivity contribution >= 4 is 5.91 Å². The number of nitrogens with zero attached hydrogens (tertiary/aromatic N) is 3. The summed E-state index contributed by atoms with van der Waals surface area (Å²) >= 11 is 0. The predicted molar refractivity (Wildman–Crippen MR) is 66.5 cm³/mol. The van der Waals surface area contributed by atoms with Gasteiger partial charge in [0.05, 0.1) is 5.54 Å². The number of rotatable bonds is 2. The van der Waals surface area contributed by atoms with Gasteiger partial charge in [-0.15, -0.1) is 0 Å². The molecule has 0 N–H and O–H groups in total. The van der Waals surface area contributed by atoms with Crippen molar-refractivity contribution in [1.82, 2.24) is 14.7 Å². The quantitative estimate of drug-likeness (QED) is 0.785. The molecule has 4 heteroatoms. The Labute approximate surface area is 103 Å². The summed E-state index contributed by atoms with van der Waals surface area (Å²) in [5.74, 6) is 0.230. The van der Waals surface area contributed by atoms with Gasteiger partial charge in [-0.25, -0.2) is 0 Å². The van der Waals surface area contributed by atoms with Crippen molar-refractivity contribution in [2.75, 3.05) is 13.1 Å². The van der Waals surface area contributed by atoms with E-state index in [1.165, 1.54) is 0 Å². The Bertz CT molecular complexity index is 397. The Balaban J connectivity index is 2.08. The molecule has 0 saturated carbocycles. The van der Waals surface area contributed by atoms with Crippen LogP contribution in [0.5, 0.6) is 0 Å². The van der Waals surface area contributed by atoms with E-state index < -0.39 is 0 Å². The number of hydrogen-bond donors (Lipinski definition) is 0. The normalized spacial score (nSPS) is 18.9. The first-order valence-electron chi connectivity index (χ1n) is 6.18. The highest BCUT2D eigenvalue weighted by atomic mass is 16.2. The molecular formula is C13H21N3O.